The monoisotopic (exact) mass is 267 g/mol. The van der Waals surface area contributed by atoms with Crippen molar-refractivity contribution in [2.75, 3.05) is 6.54 Å². The van der Waals surface area contributed by atoms with Crippen LogP contribution >= 0.6 is 0 Å². The van der Waals surface area contributed by atoms with Gasteiger partial charge >= 0.3 is 0 Å². The minimum Gasteiger partial charge on any atom is -0.508 e. The predicted molar refractivity (Wildman–Crippen MR) is 72.2 cm³/mol. The Morgan fingerprint density at radius 1 is 1.63 bits per heavy atom. The maximum Gasteiger partial charge on any atom is 0.237 e. The van der Waals surface area contributed by atoms with Gasteiger partial charge in [-0.1, -0.05) is 6.08 Å². The zero-order valence-corrected chi connectivity index (χ0v) is 10.8. The van der Waals surface area contributed by atoms with E-state index >= 15 is 0 Å². The Balaban J connectivity index is 2.44. The van der Waals surface area contributed by atoms with Crippen molar-refractivity contribution in [3.05, 3.63) is 24.0 Å². The zero-order valence-electron chi connectivity index (χ0n) is 10.8. The van der Waals surface area contributed by atoms with E-state index < -0.39 is 12.1 Å². The topological polar surface area (TPSA) is 118 Å². The van der Waals surface area contributed by atoms with Crippen molar-refractivity contribution >= 4 is 12.2 Å². The molecule has 0 aliphatic heterocycles. The Labute approximate surface area is 112 Å². The van der Waals surface area contributed by atoms with Crippen LogP contribution in [0, 0.1) is 5.92 Å². The highest BCUT2D eigenvalue weighted by Gasteiger charge is 2.20. The van der Waals surface area contributed by atoms with E-state index in [0.29, 0.717) is 32.1 Å². The third kappa shape index (κ3) is 5.23. The molecular weight excluding hydrogens is 246 g/mol. The summed E-state index contributed by atoms with van der Waals surface area (Å²) >= 11 is 0. The summed E-state index contributed by atoms with van der Waals surface area (Å²) in [5.41, 5.74) is 10.9. The van der Waals surface area contributed by atoms with E-state index in [2.05, 4.69) is 5.32 Å². The van der Waals surface area contributed by atoms with Crippen LogP contribution in [0.15, 0.2) is 24.0 Å². The molecule has 3 atom stereocenters. The molecule has 0 aromatic carbocycles. The van der Waals surface area contributed by atoms with Gasteiger partial charge < -0.3 is 26.7 Å². The lowest BCUT2D eigenvalue weighted by atomic mass is 9.93. The third-order valence-electron chi connectivity index (χ3n) is 3.03. The van der Waals surface area contributed by atoms with Gasteiger partial charge in [0.1, 0.15) is 12.0 Å². The molecule has 0 spiro atoms. The SMILES string of the molecule is NCC[C@H](N)C(=O)NC(C=O)CC1C=CC(O)=CC1. The van der Waals surface area contributed by atoms with Crippen LogP contribution in [-0.2, 0) is 9.59 Å². The second-order valence-electron chi connectivity index (χ2n) is 4.65. The number of hydrogen-bond donors (Lipinski definition) is 4. The molecule has 6 heteroatoms. The lowest BCUT2D eigenvalue weighted by molar-refractivity contribution is -0.125. The molecule has 6 nitrogen and oxygen atoms in total. The summed E-state index contributed by atoms with van der Waals surface area (Å²) in [5.74, 6) is -0.00855. The Kier molecular flexibility index (Phi) is 6.24. The number of aliphatic hydroxyl groups is 1. The first kappa shape index (κ1) is 15.4. The van der Waals surface area contributed by atoms with Crippen molar-refractivity contribution in [2.45, 2.75) is 31.3 Å². The van der Waals surface area contributed by atoms with E-state index in [1.807, 2.05) is 6.08 Å². The number of carbonyl (C=O) groups excluding carboxylic acids is 2. The molecule has 0 saturated heterocycles. The van der Waals surface area contributed by atoms with E-state index in [1.54, 1.807) is 12.2 Å². The molecule has 0 bridgehead atoms. The number of nitrogens with two attached hydrogens (primary N) is 2. The Morgan fingerprint density at radius 2 is 2.37 bits per heavy atom. The van der Waals surface area contributed by atoms with Gasteiger partial charge in [0.15, 0.2) is 0 Å². The molecule has 106 valence electrons. The quantitative estimate of drug-likeness (QED) is 0.474. The van der Waals surface area contributed by atoms with Gasteiger partial charge in [0.05, 0.1) is 12.1 Å². The maximum absolute atomic E-state index is 11.7. The van der Waals surface area contributed by atoms with Crippen LogP contribution in [0.4, 0.5) is 0 Å². The molecule has 1 amide bonds. The first-order valence-electron chi connectivity index (χ1n) is 6.35. The predicted octanol–water partition coefficient (Wildman–Crippen LogP) is -0.246. The smallest absolute Gasteiger partial charge is 0.237 e. The maximum atomic E-state index is 11.7. The second-order valence-corrected chi connectivity index (χ2v) is 4.65. The highest BCUT2D eigenvalue weighted by Crippen LogP contribution is 2.19. The average Bonchev–Trinajstić information content (AvgIpc) is 2.40. The number of rotatable bonds is 7. The Hall–Kier alpha value is -1.66. The van der Waals surface area contributed by atoms with E-state index in [-0.39, 0.29) is 17.6 Å². The summed E-state index contributed by atoms with van der Waals surface area (Å²) < 4.78 is 0. The summed E-state index contributed by atoms with van der Waals surface area (Å²) in [5, 5.41) is 11.8. The van der Waals surface area contributed by atoms with Crippen molar-refractivity contribution in [3.8, 4) is 0 Å². The minimum atomic E-state index is -0.682. The minimum absolute atomic E-state index is 0.122. The van der Waals surface area contributed by atoms with Crippen LogP contribution in [0.5, 0.6) is 0 Å². The van der Waals surface area contributed by atoms with Gasteiger partial charge in [-0.25, -0.2) is 0 Å². The average molecular weight is 267 g/mol. The highest BCUT2D eigenvalue weighted by atomic mass is 16.3. The van der Waals surface area contributed by atoms with E-state index in [1.165, 1.54) is 0 Å². The van der Waals surface area contributed by atoms with E-state index in [4.69, 9.17) is 11.5 Å². The first-order chi connectivity index (χ1) is 9.06. The summed E-state index contributed by atoms with van der Waals surface area (Å²) in [4.78, 5) is 22.7. The van der Waals surface area contributed by atoms with Gasteiger partial charge in [-0.15, -0.1) is 0 Å². The van der Waals surface area contributed by atoms with Gasteiger partial charge in [0, 0.05) is 0 Å². The molecule has 1 rings (SSSR count). The fourth-order valence-electron chi connectivity index (χ4n) is 1.90. The molecule has 6 N–H and O–H groups in total. The normalized spacial score (nSPS) is 21.4. The number of carbonyl (C=O) groups is 2. The van der Waals surface area contributed by atoms with E-state index in [0.717, 1.165) is 0 Å². The first-order valence-corrected chi connectivity index (χ1v) is 6.35. The largest absolute Gasteiger partial charge is 0.508 e. The molecule has 0 aromatic rings. The molecule has 1 aliphatic carbocycles. The van der Waals surface area contributed by atoms with Crippen LogP contribution in [0.25, 0.3) is 0 Å². The van der Waals surface area contributed by atoms with Gasteiger partial charge in [0.2, 0.25) is 5.91 Å². The zero-order chi connectivity index (χ0) is 14.3. The van der Waals surface area contributed by atoms with E-state index in [9.17, 15) is 14.7 Å². The molecule has 0 aromatic heterocycles. The summed E-state index contributed by atoms with van der Waals surface area (Å²) in [7, 11) is 0. The number of amides is 1. The van der Waals surface area contributed by atoms with Crippen LogP contribution in [0.2, 0.25) is 0 Å². The van der Waals surface area contributed by atoms with Crippen molar-refractivity contribution in [1.82, 2.24) is 5.32 Å². The van der Waals surface area contributed by atoms with Gasteiger partial charge in [-0.05, 0) is 43.9 Å². The molecule has 2 unspecified atom stereocenters. The standard InChI is InChI=1S/C13H21N3O3/c14-6-5-12(15)13(19)16-10(8-17)7-9-1-3-11(18)4-2-9/h1,3-4,8-10,12,18H,2,5-7,14-15H2,(H,16,19)/t9?,10?,12-/m0/s1. The van der Waals surface area contributed by atoms with Crippen LogP contribution in [0.3, 0.4) is 0 Å². The van der Waals surface area contributed by atoms with Crippen molar-refractivity contribution in [2.24, 2.45) is 17.4 Å². The van der Waals surface area contributed by atoms with Crippen LogP contribution in [0.1, 0.15) is 19.3 Å². The van der Waals surface area contributed by atoms with Crippen molar-refractivity contribution in [1.29, 1.82) is 0 Å². The molecule has 0 radical (unpaired) electrons. The fraction of sp³-hybridized carbons (Fsp3) is 0.538. The Morgan fingerprint density at radius 3 is 2.89 bits per heavy atom. The number of hydrogen-bond acceptors (Lipinski definition) is 5. The second kappa shape index (κ2) is 7.70. The van der Waals surface area contributed by atoms with Gasteiger partial charge in [0.25, 0.3) is 0 Å². The lowest BCUT2D eigenvalue weighted by Gasteiger charge is -2.20. The summed E-state index contributed by atoms with van der Waals surface area (Å²) in [6.07, 6.45) is 7.35. The summed E-state index contributed by atoms with van der Waals surface area (Å²) in [6, 6.07) is -1.25. The molecule has 0 heterocycles. The number of aldehydes is 1. The van der Waals surface area contributed by atoms with Crippen LogP contribution in [-0.4, -0.2) is 35.9 Å². The number of nitrogens with one attached hydrogen (secondary N) is 1. The van der Waals surface area contributed by atoms with Crippen molar-refractivity contribution < 1.29 is 14.7 Å². The molecule has 1 aliphatic rings. The summed E-state index contributed by atoms with van der Waals surface area (Å²) in [6.45, 7) is 0.329. The number of aliphatic hydroxyl groups excluding tert-OH is 1. The van der Waals surface area contributed by atoms with Crippen molar-refractivity contribution in [3.63, 3.8) is 0 Å². The number of allylic oxidation sites excluding steroid dienone is 3. The molecular formula is C13H21N3O3. The molecule has 0 fully saturated rings. The van der Waals surface area contributed by atoms with Gasteiger partial charge in [-0.2, -0.15) is 0 Å². The molecule has 0 saturated carbocycles. The molecule has 19 heavy (non-hydrogen) atoms. The third-order valence-corrected chi connectivity index (χ3v) is 3.03. The lowest BCUT2D eigenvalue weighted by Crippen LogP contribution is -2.47. The van der Waals surface area contributed by atoms with Crippen LogP contribution < -0.4 is 16.8 Å². The Bertz CT molecular complexity index is 379. The fourth-order valence-corrected chi connectivity index (χ4v) is 1.90. The highest BCUT2D eigenvalue weighted by molar-refractivity contribution is 5.84. The van der Waals surface area contributed by atoms with Gasteiger partial charge in [-0.3, -0.25) is 4.79 Å².